The van der Waals surface area contributed by atoms with Crippen LogP contribution >= 0.6 is 0 Å². The summed E-state index contributed by atoms with van der Waals surface area (Å²) in [5.41, 5.74) is 1.88. The quantitative estimate of drug-likeness (QED) is 0.876. The molecule has 1 unspecified atom stereocenters. The van der Waals surface area contributed by atoms with Crippen LogP contribution in [0.3, 0.4) is 0 Å². The van der Waals surface area contributed by atoms with Crippen LogP contribution in [0, 0.1) is 12.7 Å². The van der Waals surface area contributed by atoms with Gasteiger partial charge in [0.2, 0.25) is 0 Å². The SMILES string of the molecule is Cc1ccc(F)cc1CN1CCCC1C(=O)O. The average molecular weight is 237 g/mol. The maximum Gasteiger partial charge on any atom is 0.320 e. The predicted molar refractivity (Wildman–Crippen MR) is 62.2 cm³/mol. The second-order valence-corrected chi connectivity index (χ2v) is 4.54. The fourth-order valence-corrected chi connectivity index (χ4v) is 2.32. The molecule has 1 aliphatic rings. The molecule has 1 heterocycles. The van der Waals surface area contributed by atoms with Gasteiger partial charge in [-0.2, -0.15) is 0 Å². The normalized spacial score (nSPS) is 20.7. The lowest BCUT2D eigenvalue weighted by atomic mass is 10.1. The molecule has 17 heavy (non-hydrogen) atoms. The Morgan fingerprint density at radius 1 is 1.59 bits per heavy atom. The molecule has 1 aromatic carbocycles. The van der Waals surface area contributed by atoms with Crippen molar-refractivity contribution in [2.45, 2.75) is 32.4 Å². The maximum atomic E-state index is 13.1. The van der Waals surface area contributed by atoms with E-state index >= 15 is 0 Å². The van der Waals surface area contributed by atoms with Gasteiger partial charge in [-0.05, 0) is 49.6 Å². The zero-order chi connectivity index (χ0) is 12.4. The molecule has 0 bridgehead atoms. The summed E-state index contributed by atoms with van der Waals surface area (Å²) in [7, 11) is 0. The Morgan fingerprint density at radius 2 is 2.35 bits per heavy atom. The largest absolute Gasteiger partial charge is 0.480 e. The van der Waals surface area contributed by atoms with Gasteiger partial charge in [0, 0.05) is 6.54 Å². The Balaban J connectivity index is 2.15. The highest BCUT2D eigenvalue weighted by Gasteiger charge is 2.30. The summed E-state index contributed by atoms with van der Waals surface area (Å²) in [5, 5.41) is 9.07. The number of benzene rings is 1. The van der Waals surface area contributed by atoms with Crippen molar-refractivity contribution in [3.05, 3.63) is 35.1 Å². The van der Waals surface area contributed by atoms with Crippen molar-refractivity contribution in [2.24, 2.45) is 0 Å². The zero-order valence-corrected chi connectivity index (χ0v) is 9.82. The minimum absolute atomic E-state index is 0.267. The van der Waals surface area contributed by atoms with E-state index in [2.05, 4.69) is 0 Å². The molecule has 0 spiro atoms. The molecule has 92 valence electrons. The highest BCUT2D eigenvalue weighted by molar-refractivity contribution is 5.73. The minimum atomic E-state index is -0.781. The number of hydrogen-bond donors (Lipinski definition) is 1. The van der Waals surface area contributed by atoms with E-state index in [0.717, 1.165) is 24.1 Å². The second kappa shape index (κ2) is 4.84. The molecule has 1 fully saturated rings. The molecule has 1 N–H and O–H groups in total. The van der Waals surface area contributed by atoms with Crippen molar-refractivity contribution in [3.8, 4) is 0 Å². The molecule has 0 amide bonds. The van der Waals surface area contributed by atoms with Gasteiger partial charge in [-0.3, -0.25) is 9.69 Å². The first-order valence-electron chi connectivity index (χ1n) is 5.80. The van der Waals surface area contributed by atoms with Crippen molar-refractivity contribution in [1.82, 2.24) is 4.90 Å². The maximum absolute atomic E-state index is 13.1. The molecule has 1 aliphatic heterocycles. The van der Waals surface area contributed by atoms with Crippen LogP contribution < -0.4 is 0 Å². The number of carbonyl (C=O) groups is 1. The molecule has 0 saturated carbocycles. The summed E-state index contributed by atoms with van der Waals surface area (Å²) in [5.74, 6) is -1.05. The summed E-state index contributed by atoms with van der Waals surface area (Å²) < 4.78 is 13.1. The van der Waals surface area contributed by atoms with Gasteiger partial charge in [0.25, 0.3) is 0 Å². The molecule has 4 heteroatoms. The van der Waals surface area contributed by atoms with Crippen LogP contribution in [-0.2, 0) is 11.3 Å². The summed E-state index contributed by atoms with van der Waals surface area (Å²) in [6, 6.07) is 4.23. The standard InChI is InChI=1S/C13H16FNO2/c1-9-4-5-11(14)7-10(9)8-15-6-2-3-12(15)13(16)17/h4-5,7,12H,2-3,6,8H2,1H3,(H,16,17). The molecule has 2 rings (SSSR count). The first kappa shape index (κ1) is 12.0. The van der Waals surface area contributed by atoms with Gasteiger partial charge >= 0.3 is 5.97 Å². The fraction of sp³-hybridized carbons (Fsp3) is 0.462. The fourth-order valence-electron chi connectivity index (χ4n) is 2.32. The van der Waals surface area contributed by atoms with Crippen LogP contribution in [0.4, 0.5) is 4.39 Å². The van der Waals surface area contributed by atoms with E-state index in [0.29, 0.717) is 13.0 Å². The molecule has 3 nitrogen and oxygen atoms in total. The number of aliphatic carboxylic acids is 1. The number of nitrogens with zero attached hydrogens (tertiary/aromatic N) is 1. The number of rotatable bonds is 3. The Bertz CT molecular complexity index is 433. The first-order chi connectivity index (χ1) is 8.08. The van der Waals surface area contributed by atoms with Gasteiger partial charge in [-0.1, -0.05) is 6.07 Å². The van der Waals surface area contributed by atoms with Crippen LogP contribution in [0.2, 0.25) is 0 Å². The highest BCUT2D eigenvalue weighted by atomic mass is 19.1. The van der Waals surface area contributed by atoms with E-state index < -0.39 is 12.0 Å². The van der Waals surface area contributed by atoms with Crippen LogP contribution in [0.15, 0.2) is 18.2 Å². The van der Waals surface area contributed by atoms with Crippen LogP contribution in [-0.4, -0.2) is 28.6 Å². The number of carboxylic acid groups (broad SMARTS) is 1. The predicted octanol–water partition coefficient (Wildman–Crippen LogP) is 2.18. The monoisotopic (exact) mass is 237 g/mol. The third-order valence-corrected chi connectivity index (χ3v) is 3.33. The average Bonchev–Trinajstić information content (AvgIpc) is 2.71. The van der Waals surface area contributed by atoms with Crippen molar-refractivity contribution in [2.75, 3.05) is 6.54 Å². The van der Waals surface area contributed by atoms with Crippen LogP contribution in [0.5, 0.6) is 0 Å². The summed E-state index contributed by atoms with van der Waals surface area (Å²) in [6.07, 6.45) is 1.58. The van der Waals surface area contributed by atoms with Gasteiger partial charge in [0.05, 0.1) is 0 Å². The molecular weight excluding hydrogens is 221 g/mol. The molecule has 0 aromatic heterocycles. The summed E-state index contributed by atoms with van der Waals surface area (Å²) >= 11 is 0. The van der Waals surface area contributed by atoms with Gasteiger partial charge in [0.15, 0.2) is 0 Å². The first-order valence-corrected chi connectivity index (χ1v) is 5.80. The lowest BCUT2D eigenvalue weighted by Crippen LogP contribution is -2.35. The van der Waals surface area contributed by atoms with E-state index in [1.165, 1.54) is 12.1 Å². The van der Waals surface area contributed by atoms with Crippen molar-refractivity contribution < 1.29 is 14.3 Å². The number of hydrogen-bond acceptors (Lipinski definition) is 2. The summed E-state index contributed by atoms with van der Waals surface area (Å²) in [6.45, 7) is 3.20. The Labute approximate surface area is 99.9 Å². The Hall–Kier alpha value is -1.42. The molecule has 0 radical (unpaired) electrons. The smallest absolute Gasteiger partial charge is 0.320 e. The number of likely N-dealkylation sites (tertiary alicyclic amines) is 1. The Morgan fingerprint density at radius 3 is 3.06 bits per heavy atom. The number of carboxylic acids is 1. The zero-order valence-electron chi connectivity index (χ0n) is 9.82. The van der Waals surface area contributed by atoms with E-state index in [9.17, 15) is 9.18 Å². The van der Waals surface area contributed by atoms with Gasteiger partial charge < -0.3 is 5.11 Å². The topological polar surface area (TPSA) is 40.5 Å². The third-order valence-electron chi connectivity index (χ3n) is 3.33. The minimum Gasteiger partial charge on any atom is -0.480 e. The molecule has 1 aromatic rings. The number of halogens is 1. The van der Waals surface area contributed by atoms with Crippen molar-refractivity contribution >= 4 is 5.97 Å². The molecular formula is C13H16FNO2. The van der Waals surface area contributed by atoms with Crippen molar-refractivity contribution in [1.29, 1.82) is 0 Å². The third kappa shape index (κ3) is 2.64. The molecule has 1 saturated heterocycles. The lowest BCUT2D eigenvalue weighted by molar-refractivity contribution is -0.142. The van der Waals surface area contributed by atoms with E-state index in [-0.39, 0.29) is 5.82 Å². The van der Waals surface area contributed by atoms with Crippen molar-refractivity contribution in [3.63, 3.8) is 0 Å². The van der Waals surface area contributed by atoms with Gasteiger partial charge in [-0.25, -0.2) is 4.39 Å². The van der Waals surface area contributed by atoms with Gasteiger partial charge in [-0.15, -0.1) is 0 Å². The summed E-state index contributed by atoms with van der Waals surface area (Å²) in [4.78, 5) is 12.9. The number of aryl methyl sites for hydroxylation is 1. The van der Waals surface area contributed by atoms with Crippen LogP contribution in [0.25, 0.3) is 0 Å². The van der Waals surface area contributed by atoms with E-state index in [4.69, 9.17) is 5.11 Å². The lowest BCUT2D eigenvalue weighted by Gasteiger charge is -2.21. The van der Waals surface area contributed by atoms with Crippen LogP contribution in [0.1, 0.15) is 24.0 Å². The Kier molecular flexibility index (Phi) is 3.43. The highest BCUT2D eigenvalue weighted by Crippen LogP contribution is 2.22. The van der Waals surface area contributed by atoms with Gasteiger partial charge in [0.1, 0.15) is 11.9 Å². The van der Waals surface area contributed by atoms with E-state index in [1.54, 1.807) is 6.07 Å². The second-order valence-electron chi connectivity index (χ2n) is 4.54. The van der Waals surface area contributed by atoms with E-state index in [1.807, 2.05) is 11.8 Å². The molecule has 1 atom stereocenters. The molecule has 0 aliphatic carbocycles.